The van der Waals surface area contributed by atoms with Crippen LogP contribution in [0.15, 0.2) is 0 Å². The molecule has 3 nitrogen and oxygen atoms in total. The molecule has 0 aromatic heterocycles. The highest BCUT2D eigenvalue weighted by molar-refractivity contribution is 5.69. The lowest BCUT2D eigenvalue weighted by Crippen LogP contribution is -2.21. The van der Waals surface area contributed by atoms with Gasteiger partial charge in [-0.1, -0.05) is 0 Å². The largest absolute Gasteiger partial charge is 0.463 e. The fourth-order valence-electron chi connectivity index (χ4n) is 1.64. The molecule has 0 amide bonds. The molecule has 14 heavy (non-hydrogen) atoms. The van der Waals surface area contributed by atoms with Crippen LogP contribution < -0.4 is 0 Å². The molecule has 0 spiro atoms. The summed E-state index contributed by atoms with van der Waals surface area (Å²) in [6, 6.07) is 0. The number of hydrogen-bond donors (Lipinski definition) is 0. The Labute approximate surface area is 85.8 Å². The Morgan fingerprint density at radius 1 is 1.50 bits per heavy atom. The maximum Gasteiger partial charge on any atom is 0.306 e. The predicted octanol–water partition coefficient (Wildman–Crippen LogP) is 2.29. The van der Waals surface area contributed by atoms with Crippen LogP contribution in [0.1, 0.15) is 46.0 Å². The third kappa shape index (κ3) is 4.61. The van der Waals surface area contributed by atoms with E-state index in [9.17, 15) is 4.79 Å². The summed E-state index contributed by atoms with van der Waals surface area (Å²) >= 11 is 0. The van der Waals surface area contributed by atoms with E-state index >= 15 is 0 Å². The summed E-state index contributed by atoms with van der Waals surface area (Å²) < 4.78 is 10.6. The van der Waals surface area contributed by atoms with Gasteiger partial charge in [-0.25, -0.2) is 0 Å². The molecule has 3 heteroatoms. The summed E-state index contributed by atoms with van der Waals surface area (Å²) in [7, 11) is 0. The third-order valence-electron chi connectivity index (χ3n) is 2.31. The van der Waals surface area contributed by atoms with Crippen LogP contribution in [0.2, 0.25) is 0 Å². The Bertz CT molecular complexity index is 171. The SMILES string of the molecule is CC(C)OC(=O)CCC1CCCCO1. The molecule has 1 heterocycles. The zero-order chi connectivity index (χ0) is 10.4. The van der Waals surface area contributed by atoms with Crippen LogP contribution >= 0.6 is 0 Å². The van der Waals surface area contributed by atoms with Crippen molar-refractivity contribution >= 4 is 5.97 Å². The smallest absolute Gasteiger partial charge is 0.306 e. The molecule has 1 saturated heterocycles. The molecule has 1 fully saturated rings. The van der Waals surface area contributed by atoms with E-state index in [0.717, 1.165) is 25.9 Å². The lowest BCUT2D eigenvalue weighted by molar-refractivity contribution is -0.148. The van der Waals surface area contributed by atoms with Gasteiger partial charge in [0.2, 0.25) is 0 Å². The highest BCUT2D eigenvalue weighted by Gasteiger charge is 2.15. The molecule has 0 aromatic rings. The minimum atomic E-state index is -0.103. The van der Waals surface area contributed by atoms with E-state index in [0.29, 0.717) is 6.42 Å². The Morgan fingerprint density at radius 3 is 2.86 bits per heavy atom. The van der Waals surface area contributed by atoms with Crippen LogP contribution in [0.3, 0.4) is 0 Å². The highest BCUT2D eigenvalue weighted by Crippen LogP contribution is 2.17. The molecule has 1 aliphatic rings. The molecular weight excluding hydrogens is 180 g/mol. The first-order valence-corrected chi connectivity index (χ1v) is 5.49. The van der Waals surface area contributed by atoms with Crippen molar-refractivity contribution in [1.82, 2.24) is 0 Å². The van der Waals surface area contributed by atoms with Gasteiger partial charge in [-0.05, 0) is 39.5 Å². The van der Waals surface area contributed by atoms with Crippen molar-refractivity contribution in [3.63, 3.8) is 0 Å². The van der Waals surface area contributed by atoms with Crippen molar-refractivity contribution in [2.75, 3.05) is 6.61 Å². The second-order valence-electron chi connectivity index (χ2n) is 4.07. The quantitative estimate of drug-likeness (QED) is 0.653. The van der Waals surface area contributed by atoms with Gasteiger partial charge >= 0.3 is 5.97 Å². The number of rotatable bonds is 4. The molecule has 0 saturated carbocycles. The summed E-state index contributed by atoms with van der Waals surface area (Å²) in [5, 5.41) is 0. The van der Waals surface area contributed by atoms with Crippen molar-refractivity contribution in [2.24, 2.45) is 0 Å². The Morgan fingerprint density at radius 2 is 2.29 bits per heavy atom. The molecule has 0 radical (unpaired) electrons. The molecule has 1 atom stereocenters. The summed E-state index contributed by atoms with van der Waals surface area (Å²) in [6.07, 6.45) is 5.05. The average Bonchev–Trinajstić information content (AvgIpc) is 2.15. The lowest BCUT2D eigenvalue weighted by atomic mass is 10.1. The van der Waals surface area contributed by atoms with Crippen LogP contribution in [0.4, 0.5) is 0 Å². The molecule has 1 unspecified atom stereocenters. The number of esters is 1. The van der Waals surface area contributed by atoms with Crippen molar-refractivity contribution in [3.05, 3.63) is 0 Å². The normalized spacial score (nSPS) is 22.4. The molecule has 1 aliphatic heterocycles. The van der Waals surface area contributed by atoms with Gasteiger partial charge in [-0.3, -0.25) is 4.79 Å². The van der Waals surface area contributed by atoms with Crippen LogP contribution in [-0.2, 0) is 14.3 Å². The number of ether oxygens (including phenoxy) is 2. The van der Waals surface area contributed by atoms with E-state index in [1.165, 1.54) is 6.42 Å². The molecule has 0 aliphatic carbocycles. The maximum atomic E-state index is 11.2. The first-order valence-electron chi connectivity index (χ1n) is 5.49. The molecule has 1 rings (SSSR count). The molecule has 0 bridgehead atoms. The molecular formula is C11H20O3. The zero-order valence-electron chi connectivity index (χ0n) is 9.12. The topological polar surface area (TPSA) is 35.5 Å². The van der Waals surface area contributed by atoms with Gasteiger partial charge in [-0.2, -0.15) is 0 Å². The van der Waals surface area contributed by atoms with Crippen molar-refractivity contribution in [1.29, 1.82) is 0 Å². The highest BCUT2D eigenvalue weighted by atomic mass is 16.5. The van der Waals surface area contributed by atoms with E-state index in [2.05, 4.69) is 0 Å². The van der Waals surface area contributed by atoms with Gasteiger partial charge in [0.15, 0.2) is 0 Å². The van der Waals surface area contributed by atoms with Crippen molar-refractivity contribution in [2.45, 2.75) is 58.2 Å². The number of hydrogen-bond acceptors (Lipinski definition) is 3. The summed E-state index contributed by atoms with van der Waals surface area (Å²) in [6.45, 7) is 4.59. The van der Waals surface area contributed by atoms with Gasteiger partial charge in [0.05, 0.1) is 12.2 Å². The van der Waals surface area contributed by atoms with Gasteiger partial charge in [0, 0.05) is 13.0 Å². The first kappa shape index (κ1) is 11.5. The van der Waals surface area contributed by atoms with Crippen molar-refractivity contribution in [3.8, 4) is 0 Å². The third-order valence-corrected chi connectivity index (χ3v) is 2.31. The van der Waals surface area contributed by atoms with E-state index < -0.39 is 0 Å². The van der Waals surface area contributed by atoms with Crippen molar-refractivity contribution < 1.29 is 14.3 Å². The van der Waals surface area contributed by atoms with Crippen LogP contribution in [0.5, 0.6) is 0 Å². The fraction of sp³-hybridized carbons (Fsp3) is 0.909. The first-order chi connectivity index (χ1) is 6.68. The second kappa shape index (κ2) is 6.02. The zero-order valence-corrected chi connectivity index (χ0v) is 9.12. The number of carbonyl (C=O) groups excluding carboxylic acids is 1. The average molecular weight is 200 g/mol. The van der Waals surface area contributed by atoms with Crippen LogP contribution in [0.25, 0.3) is 0 Å². The molecule has 82 valence electrons. The summed E-state index contributed by atoms with van der Waals surface area (Å²) in [5.74, 6) is -0.103. The van der Waals surface area contributed by atoms with Gasteiger partial charge in [0.1, 0.15) is 0 Å². The predicted molar refractivity (Wildman–Crippen MR) is 54.1 cm³/mol. The fourth-order valence-corrected chi connectivity index (χ4v) is 1.64. The summed E-state index contributed by atoms with van der Waals surface area (Å²) in [5.41, 5.74) is 0. The Kier molecular flexibility index (Phi) is 4.94. The van der Waals surface area contributed by atoms with Crippen LogP contribution in [-0.4, -0.2) is 24.8 Å². The van der Waals surface area contributed by atoms with E-state index in [1.54, 1.807) is 0 Å². The van der Waals surface area contributed by atoms with Crippen LogP contribution in [0, 0.1) is 0 Å². The molecule has 0 aromatic carbocycles. The van der Waals surface area contributed by atoms with E-state index in [4.69, 9.17) is 9.47 Å². The maximum absolute atomic E-state index is 11.2. The minimum absolute atomic E-state index is 0.00484. The summed E-state index contributed by atoms with van der Waals surface area (Å²) in [4.78, 5) is 11.2. The van der Waals surface area contributed by atoms with Gasteiger partial charge in [0.25, 0.3) is 0 Å². The minimum Gasteiger partial charge on any atom is -0.463 e. The Balaban J connectivity index is 2.09. The van der Waals surface area contributed by atoms with Gasteiger partial charge < -0.3 is 9.47 Å². The monoisotopic (exact) mass is 200 g/mol. The lowest BCUT2D eigenvalue weighted by Gasteiger charge is -2.22. The van der Waals surface area contributed by atoms with Gasteiger partial charge in [-0.15, -0.1) is 0 Å². The number of carbonyl (C=O) groups is 1. The standard InChI is InChI=1S/C11H20O3/c1-9(2)14-11(12)7-6-10-5-3-4-8-13-10/h9-10H,3-8H2,1-2H3. The molecule has 0 N–H and O–H groups in total. The van der Waals surface area contributed by atoms with E-state index in [1.807, 2.05) is 13.8 Å². The Hall–Kier alpha value is -0.570. The second-order valence-corrected chi connectivity index (χ2v) is 4.07. The van der Waals surface area contributed by atoms with E-state index in [-0.39, 0.29) is 18.2 Å².